The number of aromatic nitrogens is 3. The van der Waals surface area contributed by atoms with Crippen LogP contribution in [0.2, 0.25) is 0 Å². The summed E-state index contributed by atoms with van der Waals surface area (Å²) in [6.45, 7) is 5.60. The number of hydrogen-bond donors (Lipinski definition) is 1. The molecule has 5 heterocycles. The Kier molecular flexibility index (Phi) is 5.91. The molecule has 3 saturated heterocycles. The Labute approximate surface area is 204 Å². The molecule has 35 heavy (non-hydrogen) atoms. The minimum atomic E-state index is -0.101. The number of morpholine rings is 2. The third kappa shape index (κ3) is 3.97. The predicted octanol–water partition coefficient (Wildman–Crippen LogP) is 2.79. The van der Waals surface area contributed by atoms with Crippen molar-refractivity contribution in [2.45, 2.75) is 44.5 Å². The zero-order valence-electron chi connectivity index (χ0n) is 20.2. The van der Waals surface area contributed by atoms with E-state index in [0.717, 1.165) is 72.1 Å². The Hall–Kier alpha value is -3.01. The molecular formula is C26H31N5O4. The van der Waals surface area contributed by atoms with Gasteiger partial charge in [0.2, 0.25) is 5.95 Å². The van der Waals surface area contributed by atoms with E-state index >= 15 is 0 Å². The highest BCUT2D eigenvalue weighted by Crippen LogP contribution is 2.38. The molecule has 0 radical (unpaired) electrons. The first-order valence-electron chi connectivity index (χ1n) is 12.3. The van der Waals surface area contributed by atoms with Crippen LogP contribution < -0.4 is 14.5 Å². The maximum Gasteiger partial charge on any atom is 0.228 e. The fraction of sp³-hybridized carbons (Fsp3) is 0.500. The molecule has 0 spiro atoms. The van der Waals surface area contributed by atoms with Crippen LogP contribution in [0.15, 0.2) is 30.5 Å². The van der Waals surface area contributed by atoms with Crippen molar-refractivity contribution in [2.24, 2.45) is 0 Å². The molecule has 0 amide bonds. The molecule has 2 aromatic heterocycles. The molecule has 0 aliphatic carbocycles. The summed E-state index contributed by atoms with van der Waals surface area (Å²) >= 11 is 0. The van der Waals surface area contributed by atoms with Gasteiger partial charge >= 0.3 is 0 Å². The number of nitrogens with zero attached hydrogens (tertiary/aromatic N) is 5. The van der Waals surface area contributed by atoms with Crippen molar-refractivity contribution in [3.63, 3.8) is 0 Å². The van der Waals surface area contributed by atoms with Gasteiger partial charge in [0.15, 0.2) is 0 Å². The Bertz CT molecular complexity index is 1220. The smallest absolute Gasteiger partial charge is 0.228 e. The van der Waals surface area contributed by atoms with Crippen LogP contribution in [0.3, 0.4) is 0 Å². The van der Waals surface area contributed by atoms with Crippen LogP contribution in [0.1, 0.15) is 25.3 Å². The summed E-state index contributed by atoms with van der Waals surface area (Å²) in [5.41, 5.74) is 3.29. The molecule has 3 aliphatic rings. The summed E-state index contributed by atoms with van der Waals surface area (Å²) in [5, 5.41) is 10.7. The monoisotopic (exact) mass is 477 g/mol. The standard InChI is InChI=1S/C26H31N5O4/c1-16-13-34-8-7-30(16)26-28-23-10-22(17-3-6-24(33-2)18(9-17)12-32)27-11-21(23)25(29-26)31-19-4-5-20(31)15-35-14-19/h3,6,9-11,16,19-20,32H,4-5,7-8,12-15H2,1-2H3/t16-,19-,20+/m0/s1. The van der Waals surface area contributed by atoms with Crippen LogP contribution in [0.4, 0.5) is 11.8 Å². The first-order valence-corrected chi connectivity index (χ1v) is 12.3. The van der Waals surface area contributed by atoms with Crippen LogP contribution >= 0.6 is 0 Å². The molecule has 3 atom stereocenters. The lowest BCUT2D eigenvalue weighted by Crippen LogP contribution is -2.47. The van der Waals surface area contributed by atoms with E-state index in [-0.39, 0.29) is 12.6 Å². The lowest BCUT2D eigenvalue weighted by atomic mass is 10.1. The first kappa shape index (κ1) is 22.5. The summed E-state index contributed by atoms with van der Waals surface area (Å²) in [4.78, 5) is 19.6. The van der Waals surface area contributed by atoms with Gasteiger partial charge in [-0.15, -0.1) is 0 Å². The topological polar surface area (TPSA) is 93.1 Å². The van der Waals surface area contributed by atoms with E-state index in [4.69, 9.17) is 29.2 Å². The fourth-order valence-electron chi connectivity index (χ4n) is 5.54. The number of fused-ring (bicyclic) bond motifs is 3. The normalized spacial score (nSPS) is 24.3. The van der Waals surface area contributed by atoms with Crippen molar-refractivity contribution in [3.05, 3.63) is 36.0 Å². The zero-order chi connectivity index (χ0) is 23.9. The summed E-state index contributed by atoms with van der Waals surface area (Å²) in [7, 11) is 1.60. The van der Waals surface area contributed by atoms with E-state index in [9.17, 15) is 5.11 Å². The van der Waals surface area contributed by atoms with E-state index in [2.05, 4.69) is 16.7 Å². The molecule has 0 saturated carbocycles. The van der Waals surface area contributed by atoms with Gasteiger partial charge in [-0.3, -0.25) is 4.98 Å². The molecule has 3 aromatic rings. The zero-order valence-corrected chi connectivity index (χ0v) is 20.2. The van der Waals surface area contributed by atoms with Gasteiger partial charge < -0.3 is 29.1 Å². The molecule has 6 rings (SSSR count). The van der Waals surface area contributed by atoms with Crippen molar-refractivity contribution >= 4 is 22.7 Å². The second-order valence-corrected chi connectivity index (χ2v) is 9.57. The Morgan fingerprint density at radius 3 is 2.66 bits per heavy atom. The number of methoxy groups -OCH3 is 1. The van der Waals surface area contributed by atoms with Crippen LogP contribution in [-0.4, -0.2) is 78.3 Å². The van der Waals surface area contributed by atoms with Crippen molar-refractivity contribution in [2.75, 3.05) is 49.9 Å². The molecule has 3 fully saturated rings. The summed E-state index contributed by atoms with van der Waals surface area (Å²) in [6.07, 6.45) is 4.12. The number of aliphatic hydroxyl groups is 1. The largest absolute Gasteiger partial charge is 0.496 e. The van der Waals surface area contributed by atoms with Gasteiger partial charge in [-0.25, -0.2) is 4.98 Å². The summed E-state index contributed by atoms with van der Waals surface area (Å²) in [6, 6.07) is 8.63. The van der Waals surface area contributed by atoms with Crippen molar-refractivity contribution < 1.29 is 19.3 Å². The van der Waals surface area contributed by atoms with Crippen LogP contribution in [0, 0.1) is 0 Å². The van der Waals surface area contributed by atoms with E-state index < -0.39 is 0 Å². The minimum Gasteiger partial charge on any atom is -0.496 e. The van der Waals surface area contributed by atoms with Gasteiger partial charge in [0, 0.05) is 23.9 Å². The van der Waals surface area contributed by atoms with Crippen molar-refractivity contribution in [1.82, 2.24) is 15.0 Å². The van der Waals surface area contributed by atoms with Gasteiger partial charge in [-0.1, -0.05) is 0 Å². The van der Waals surface area contributed by atoms with Gasteiger partial charge in [0.25, 0.3) is 0 Å². The molecule has 1 aromatic carbocycles. The molecule has 0 unspecified atom stereocenters. The van der Waals surface area contributed by atoms with Crippen LogP contribution in [0.5, 0.6) is 5.75 Å². The minimum absolute atomic E-state index is 0.101. The maximum atomic E-state index is 9.78. The number of anilines is 2. The number of ether oxygens (including phenoxy) is 3. The average molecular weight is 478 g/mol. The Balaban J connectivity index is 1.49. The van der Waals surface area contributed by atoms with E-state index in [1.807, 2.05) is 30.5 Å². The van der Waals surface area contributed by atoms with Gasteiger partial charge in [0.05, 0.1) is 74.9 Å². The lowest BCUT2D eigenvalue weighted by Gasteiger charge is -2.38. The first-order chi connectivity index (χ1) is 17.2. The fourth-order valence-corrected chi connectivity index (χ4v) is 5.54. The highest BCUT2D eigenvalue weighted by molar-refractivity contribution is 5.92. The molecule has 1 N–H and O–H groups in total. The molecule has 184 valence electrons. The van der Waals surface area contributed by atoms with Crippen molar-refractivity contribution in [1.29, 1.82) is 0 Å². The van der Waals surface area contributed by atoms with Gasteiger partial charge in [-0.05, 0) is 44.0 Å². The third-order valence-corrected chi connectivity index (χ3v) is 7.41. The quantitative estimate of drug-likeness (QED) is 0.595. The molecule has 9 heteroatoms. The highest BCUT2D eigenvalue weighted by atomic mass is 16.5. The van der Waals surface area contributed by atoms with E-state index in [1.54, 1.807) is 7.11 Å². The Morgan fingerprint density at radius 2 is 1.91 bits per heavy atom. The van der Waals surface area contributed by atoms with Crippen LogP contribution in [-0.2, 0) is 16.1 Å². The summed E-state index contributed by atoms with van der Waals surface area (Å²) in [5.74, 6) is 2.34. The molecule has 3 aliphatic heterocycles. The second kappa shape index (κ2) is 9.22. The molecular weight excluding hydrogens is 446 g/mol. The Morgan fingerprint density at radius 1 is 1.09 bits per heavy atom. The SMILES string of the molecule is COc1ccc(-c2cc3nc(N4CCOC[C@@H]4C)nc(N4[C@@H]5CC[C@H]4COC5)c3cn2)cc1CO. The number of aliphatic hydroxyl groups excluding tert-OH is 1. The van der Waals surface area contributed by atoms with Crippen LogP contribution in [0.25, 0.3) is 22.2 Å². The number of rotatable bonds is 5. The van der Waals surface area contributed by atoms with Crippen molar-refractivity contribution in [3.8, 4) is 17.0 Å². The van der Waals surface area contributed by atoms with E-state index in [0.29, 0.717) is 31.0 Å². The number of hydrogen-bond acceptors (Lipinski definition) is 9. The van der Waals surface area contributed by atoms with Gasteiger partial charge in [0.1, 0.15) is 11.6 Å². The maximum absolute atomic E-state index is 9.78. The summed E-state index contributed by atoms with van der Waals surface area (Å²) < 4.78 is 16.9. The predicted molar refractivity (Wildman–Crippen MR) is 133 cm³/mol. The van der Waals surface area contributed by atoms with E-state index in [1.165, 1.54) is 0 Å². The van der Waals surface area contributed by atoms with Gasteiger partial charge in [-0.2, -0.15) is 4.98 Å². The number of pyridine rings is 1. The highest BCUT2D eigenvalue weighted by Gasteiger charge is 2.39. The number of benzene rings is 1. The second-order valence-electron chi connectivity index (χ2n) is 9.57. The molecule has 9 nitrogen and oxygen atoms in total. The third-order valence-electron chi connectivity index (χ3n) is 7.41. The lowest BCUT2D eigenvalue weighted by molar-refractivity contribution is 0.0902. The molecule has 2 bridgehead atoms. The average Bonchev–Trinajstić information content (AvgIpc) is 3.14.